The summed E-state index contributed by atoms with van der Waals surface area (Å²) >= 11 is 0. The molecule has 1 aliphatic heterocycles. The van der Waals surface area contributed by atoms with Gasteiger partial charge in [-0.2, -0.15) is 0 Å². The van der Waals surface area contributed by atoms with E-state index < -0.39 is 9.85 Å². The zero-order valence-electron chi connectivity index (χ0n) is 9.96. The van der Waals surface area contributed by atoms with Gasteiger partial charge in [-0.15, -0.1) is 0 Å². The van der Waals surface area contributed by atoms with Crippen molar-refractivity contribution in [2.24, 2.45) is 0 Å². The van der Waals surface area contributed by atoms with Crippen molar-refractivity contribution in [2.45, 2.75) is 19.8 Å². The minimum absolute atomic E-state index is 0.189. The molecule has 7 heteroatoms. The largest absolute Gasteiger partial charge is 0.371 e. The fraction of sp³-hybridized carbons (Fsp3) is 0.455. The summed E-state index contributed by atoms with van der Waals surface area (Å²) in [5.74, 6) is 0. The molecule has 96 valence electrons. The highest BCUT2D eigenvalue weighted by atomic mass is 16.6. The summed E-state index contributed by atoms with van der Waals surface area (Å²) < 4.78 is 0. The monoisotopic (exact) mass is 251 g/mol. The molecule has 1 heterocycles. The van der Waals surface area contributed by atoms with Gasteiger partial charge in [0.2, 0.25) is 0 Å². The molecule has 0 atom stereocenters. The van der Waals surface area contributed by atoms with E-state index in [0.29, 0.717) is 11.3 Å². The maximum atomic E-state index is 10.9. The standard InChI is InChI=1S/C11H13N3O4/c1-8-10(12-4-2-3-5-12)6-9(13(15)16)7-11(8)14(17)18/h6-7H,2-5H2,1H3. The Morgan fingerprint density at radius 2 is 1.72 bits per heavy atom. The zero-order valence-corrected chi connectivity index (χ0v) is 9.96. The Hall–Kier alpha value is -2.18. The summed E-state index contributed by atoms with van der Waals surface area (Å²) in [6.45, 7) is 3.22. The Kier molecular flexibility index (Phi) is 3.14. The van der Waals surface area contributed by atoms with E-state index in [9.17, 15) is 20.2 Å². The first-order valence-corrected chi connectivity index (χ1v) is 5.69. The summed E-state index contributed by atoms with van der Waals surface area (Å²) in [5.41, 5.74) is 0.682. The van der Waals surface area contributed by atoms with Gasteiger partial charge in [-0.3, -0.25) is 20.2 Å². The van der Waals surface area contributed by atoms with Crippen molar-refractivity contribution in [2.75, 3.05) is 18.0 Å². The molecule has 1 aromatic rings. The predicted molar refractivity (Wildman–Crippen MR) is 65.9 cm³/mol. The minimum atomic E-state index is -0.591. The summed E-state index contributed by atoms with van der Waals surface area (Å²) in [6, 6.07) is 2.45. The van der Waals surface area contributed by atoms with Crippen molar-refractivity contribution in [3.8, 4) is 0 Å². The van der Waals surface area contributed by atoms with Crippen LogP contribution in [0.1, 0.15) is 18.4 Å². The number of nitro benzene ring substituents is 2. The molecular formula is C11H13N3O4. The first-order chi connectivity index (χ1) is 8.50. The van der Waals surface area contributed by atoms with E-state index in [0.717, 1.165) is 32.0 Å². The maximum absolute atomic E-state index is 10.9. The van der Waals surface area contributed by atoms with Crippen LogP contribution in [0.5, 0.6) is 0 Å². The molecule has 0 aromatic heterocycles. The SMILES string of the molecule is Cc1c(N2CCCC2)cc([N+](=O)[O-])cc1[N+](=O)[O-]. The molecule has 18 heavy (non-hydrogen) atoms. The lowest BCUT2D eigenvalue weighted by Gasteiger charge is -2.19. The molecule has 7 nitrogen and oxygen atoms in total. The van der Waals surface area contributed by atoms with Gasteiger partial charge < -0.3 is 4.90 Å². The summed E-state index contributed by atoms with van der Waals surface area (Å²) in [5, 5.41) is 21.7. The van der Waals surface area contributed by atoms with Gasteiger partial charge in [0, 0.05) is 19.2 Å². The van der Waals surface area contributed by atoms with Crippen molar-refractivity contribution in [1.82, 2.24) is 0 Å². The van der Waals surface area contributed by atoms with Crippen LogP contribution in [0.25, 0.3) is 0 Å². The highest BCUT2D eigenvalue weighted by Crippen LogP contribution is 2.35. The Bertz CT molecular complexity index is 509. The summed E-state index contributed by atoms with van der Waals surface area (Å²) in [4.78, 5) is 22.6. The van der Waals surface area contributed by atoms with Crippen molar-refractivity contribution >= 4 is 17.1 Å². The second kappa shape index (κ2) is 4.59. The van der Waals surface area contributed by atoms with Gasteiger partial charge in [0.25, 0.3) is 11.4 Å². The van der Waals surface area contributed by atoms with Gasteiger partial charge in [-0.05, 0) is 19.8 Å². The third-order valence-corrected chi connectivity index (χ3v) is 3.19. The van der Waals surface area contributed by atoms with Gasteiger partial charge in [0.15, 0.2) is 0 Å². The second-order valence-corrected chi connectivity index (χ2v) is 4.32. The molecule has 1 aromatic carbocycles. The van der Waals surface area contributed by atoms with Crippen molar-refractivity contribution in [3.63, 3.8) is 0 Å². The van der Waals surface area contributed by atoms with E-state index in [2.05, 4.69) is 0 Å². The van der Waals surface area contributed by atoms with Crippen LogP contribution in [-0.4, -0.2) is 22.9 Å². The van der Waals surface area contributed by atoms with Crippen LogP contribution in [0.15, 0.2) is 12.1 Å². The van der Waals surface area contributed by atoms with E-state index >= 15 is 0 Å². The molecule has 0 bridgehead atoms. The number of anilines is 1. The average molecular weight is 251 g/mol. The lowest BCUT2D eigenvalue weighted by Crippen LogP contribution is -2.19. The molecule has 1 fully saturated rings. The fourth-order valence-corrected chi connectivity index (χ4v) is 2.25. The number of nitrogens with zero attached hydrogens (tertiary/aromatic N) is 3. The quantitative estimate of drug-likeness (QED) is 0.607. The van der Waals surface area contributed by atoms with Crippen LogP contribution in [0.4, 0.5) is 17.1 Å². The molecule has 0 radical (unpaired) electrons. The second-order valence-electron chi connectivity index (χ2n) is 4.32. The molecule has 0 unspecified atom stereocenters. The number of hydrogen-bond donors (Lipinski definition) is 0. The number of benzene rings is 1. The van der Waals surface area contributed by atoms with Gasteiger partial charge in [0.05, 0.1) is 27.2 Å². The lowest BCUT2D eigenvalue weighted by atomic mass is 10.1. The first-order valence-electron chi connectivity index (χ1n) is 5.69. The number of nitro groups is 2. The highest BCUT2D eigenvalue weighted by molar-refractivity contribution is 5.67. The van der Waals surface area contributed by atoms with E-state index in [4.69, 9.17) is 0 Å². The van der Waals surface area contributed by atoms with Crippen molar-refractivity contribution in [3.05, 3.63) is 37.9 Å². The van der Waals surface area contributed by atoms with Crippen molar-refractivity contribution < 1.29 is 9.85 Å². The molecule has 0 saturated carbocycles. The van der Waals surface area contributed by atoms with Crippen LogP contribution >= 0.6 is 0 Å². The molecule has 1 saturated heterocycles. The van der Waals surface area contributed by atoms with E-state index in [1.54, 1.807) is 6.92 Å². The van der Waals surface area contributed by atoms with E-state index in [1.807, 2.05) is 4.90 Å². The normalized spacial score (nSPS) is 14.8. The summed E-state index contributed by atoms with van der Waals surface area (Å²) in [6.07, 6.45) is 2.02. The van der Waals surface area contributed by atoms with Crippen LogP contribution in [0.2, 0.25) is 0 Å². The smallest absolute Gasteiger partial charge is 0.281 e. The van der Waals surface area contributed by atoms with Crippen LogP contribution < -0.4 is 4.90 Å². The average Bonchev–Trinajstić information content (AvgIpc) is 2.81. The Morgan fingerprint density at radius 1 is 1.11 bits per heavy atom. The van der Waals surface area contributed by atoms with E-state index in [-0.39, 0.29) is 11.4 Å². The summed E-state index contributed by atoms with van der Waals surface area (Å²) in [7, 11) is 0. The Labute approximate surface area is 103 Å². The predicted octanol–water partition coefficient (Wildman–Crippen LogP) is 2.41. The molecule has 1 aliphatic rings. The molecule has 0 aliphatic carbocycles. The fourth-order valence-electron chi connectivity index (χ4n) is 2.25. The van der Waals surface area contributed by atoms with Crippen molar-refractivity contribution in [1.29, 1.82) is 0 Å². The number of rotatable bonds is 3. The van der Waals surface area contributed by atoms with Crippen LogP contribution in [0.3, 0.4) is 0 Å². The van der Waals surface area contributed by atoms with Gasteiger partial charge in [0.1, 0.15) is 0 Å². The zero-order chi connectivity index (χ0) is 13.3. The van der Waals surface area contributed by atoms with Gasteiger partial charge in [-0.25, -0.2) is 0 Å². The Morgan fingerprint density at radius 3 is 2.22 bits per heavy atom. The molecule has 2 rings (SSSR count). The first kappa shape index (κ1) is 12.3. The van der Waals surface area contributed by atoms with Crippen LogP contribution in [0, 0.1) is 27.2 Å². The number of hydrogen-bond acceptors (Lipinski definition) is 5. The third kappa shape index (κ3) is 2.11. The highest BCUT2D eigenvalue weighted by Gasteiger charge is 2.25. The molecule has 0 amide bonds. The third-order valence-electron chi connectivity index (χ3n) is 3.19. The molecular weight excluding hydrogens is 238 g/mol. The number of non-ortho nitro benzene ring substituents is 1. The van der Waals surface area contributed by atoms with Gasteiger partial charge in [-0.1, -0.05) is 0 Å². The Balaban J connectivity index is 2.55. The topological polar surface area (TPSA) is 89.5 Å². The maximum Gasteiger partial charge on any atom is 0.281 e. The lowest BCUT2D eigenvalue weighted by molar-refractivity contribution is -0.394. The molecule has 0 spiro atoms. The van der Waals surface area contributed by atoms with Crippen LogP contribution in [-0.2, 0) is 0 Å². The molecule has 0 N–H and O–H groups in total. The minimum Gasteiger partial charge on any atom is -0.371 e. The van der Waals surface area contributed by atoms with Gasteiger partial charge >= 0.3 is 0 Å². The van der Waals surface area contributed by atoms with E-state index in [1.165, 1.54) is 6.07 Å².